The molecule has 2 N–H and O–H groups in total. The summed E-state index contributed by atoms with van der Waals surface area (Å²) >= 11 is 0. The van der Waals surface area contributed by atoms with Gasteiger partial charge in [-0.3, -0.25) is 0 Å². The van der Waals surface area contributed by atoms with Crippen molar-refractivity contribution in [1.82, 2.24) is 4.90 Å². The van der Waals surface area contributed by atoms with Gasteiger partial charge in [0.1, 0.15) is 5.75 Å². The SMILES string of the molecule is CCC(CN)CN(C)Cc1ccc(OC)c(C)c1C. The fraction of sp³-hybridized carbons (Fsp3) is 0.625. The van der Waals surface area contributed by atoms with Crippen LogP contribution in [0.4, 0.5) is 0 Å². The highest BCUT2D eigenvalue weighted by Crippen LogP contribution is 2.24. The highest BCUT2D eigenvalue weighted by atomic mass is 16.5. The average molecular weight is 264 g/mol. The first-order valence-corrected chi connectivity index (χ1v) is 7.05. The zero-order valence-corrected chi connectivity index (χ0v) is 13.0. The normalized spacial score (nSPS) is 12.8. The molecule has 0 saturated heterocycles. The fourth-order valence-electron chi connectivity index (χ4n) is 2.41. The summed E-state index contributed by atoms with van der Waals surface area (Å²) in [4.78, 5) is 2.36. The topological polar surface area (TPSA) is 38.5 Å². The van der Waals surface area contributed by atoms with Gasteiger partial charge < -0.3 is 15.4 Å². The van der Waals surface area contributed by atoms with Crippen LogP contribution in [0.3, 0.4) is 0 Å². The summed E-state index contributed by atoms with van der Waals surface area (Å²) in [5.41, 5.74) is 9.70. The van der Waals surface area contributed by atoms with Crippen molar-refractivity contribution in [3.63, 3.8) is 0 Å². The summed E-state index contributed by atoms with van der Waals surface area (Å²) in [6.45, 7) is 9.27. The van der Waals surface area contributed by atoms with Crippen molar-refractivity contribution in [2.75, 3.05) is 27.2 Å². The van der Waals surface area contributed by atoms with Gasteiger partial charge in [-0.2, -0.15) is 0 Å². The second-order valence-electron chi connectivity index (χ2n) is 5.38. The van der Waals surface area contributed by atoms with E-state index >= 15 is 0 Å². The van der Waals surface area contributed by atoms with E-state index in [1.807, 2.05) is 0 Å². The van der Waals surface area contributed by atoms with E-state index in [-0.39, 0.29) is 0 Å². The first kappa shape index (κ1) is 16.0. The van der Waals surface area contributed by atoms with Gasteiger partial charge in [0.25, 0.3) is 0 Å². The first-order chi connectivity index (χ1) is 9.03. The van der Waals surface area contributed by atoms with Crippen LogP contribution in [0.2, 0.25) is 0 Å². The zero-order chi connectivity index (χ0) is 14.4. The Morgan fingerprint density at radius 2 is 1.95 bits per heavy atom. The molecule has 3 nitrogen and oxygen atoms in total. The minimum atomic E-state index is 0.588. The molecule has 0 amide bonds. The van der Waals surface area contributed by atoms with E-state index in [0.717, 1.165) is 31.8 Å². The number of nitrogens with two attached hydrogens (primary N) is 1. The van der Waals surface area contributed by atoms with Crippen molar-refractivity contribution in [3.8, 4) is 5.75 Å². The molecule has 1 rings (SSSR count). The number of hydrogen-bond acceptors (Lipinski definition) is 3. The molecule has 1 unspecified atom stereocenters. The Kier molecular flexibility index (Phi) is 6.32. The van der Waals surface area contributed by atoms with Gasteiger partial charge in [0.05, 0.1) is 7.11 Å². The van der Waals surface area contributed by atoms with E-state index in [0.29, 0.717) is 5.92 Å². The third-order valence-corrected chi connectivity index (χ3v) is 3.99. The van der Waals surface area contributed by atoms with Crippen molar-refractivity contribution in [2.24, 2.45) is 11.7 Å². The zero-order valence-electron chi connectivity index (χ0n) is 13.0. The Bertz CT molecular complexity index is 400. The maximum Gasteiger partial charge on any atom is 0.122 e. The van der Waals surface area contributed by atoms with Gasteiger partial charge in [0.2, 0.25) is 0 Å². The summed E-state index contributed by atoms with van der Waals surface area (Å²) in [6, 6.07) is 4.23. The van der Waals surface area contributed by atoms with Crippen LogP contribution in [-0.2, 0) is 6.54 Å². The molecule has 0 saturated carbocycles. The third kappa shape index (κ3) is 4.22. The number of rotatable bonds is 7. The molecular formula is C16H28N2O. The van der Waals surface area contributed by atoms with Gasteiger partial charge in [0, 0.05) is 13.1 Å². The van der Waals surface area contributed by atoms with E-state index in [4.69, 9.17) is 10.5 Å². The summed E-state index contributed by atoms with van der Waals surface area (Å²) < 4.78 is 5.35. The summed E-state index contributed by atoms with van der Waals surface area (Å²) in [7, 11) is 3.89. The van der Waals surface area contributed by atoms with Crippen molar-refractivity contribution < 1.29 is 4.74 Å². The Morgan fingerprint density at radius 1 is 1.26 bits per heavy atom. The Hall–Kier alpha value is -1.06. The van der Waals surface area contributed by atoms with E-state index < -0.39 is 0 Å². The van der Waals surface area contributed by atoms with Crippen molar-refractivity contribution in [1.29, 1.82) is 0 Å². The average Bonchev–Trinajstić information content (AvgIpc) is 2.41. The van der Waals surface area contributed by atoms with Gasteiger partial charge in [-0.15, -0.1) is 0 Å². The third-order valence-electron chi connectivity index (χ3n) is 3.99. The molecule has 0 radical (unpaired) electrons. The second-order valence-corrected chi connectivity index (χ2v) is 5.38. The maximum atomic E-state index is 5.77. The minimum absolute atomic E-state index is 0.588. The van der Waals surface area contributed by atoms with Crippen LogP contribution in [0.1, 0.15) is 30.0 Å². The van der Waals surface area contributed by atoms with Crippen LogP contribution in [0.15, 0.2) is 12.1 Å². The Morgan fingerprint density at radius 3 is 2.47 bits per heavy atom. The number of methoxy groups -OCH3 is 1. The fourth-order valence-corrected chi connectivity index (χ4v) is 2.41. The summed E-state index contributed by atoms with van der Waals surface area (Å²) in [5.74, 6) is 1.56. The number of hydrogen-bond donors (Lipinski definition) is 1. The van der Waals surface area contributed by atoms with Crippen LogP contribution in [0.5, 0.6) is 5.75 Å². The highest BCUT2D eigenvalue weighted by molar-refractivity contribution is 5.43. The standard InChI is InChI=1S/C16H28N2O/c1-6-14(9-17)10-18(4)11-15-7-8-16(19-5)13(3)12(15)2/h7-8,14H,6,9-11,17H2,1-5H3. The van der Waals surface area contributed by atoms with Crippen molar-refractivity contribution >= 4 is 0 Å². The van der Waals surface area contributed by atoms with Crippen LogP contribution >= 0.6 is 0 Å². The lowest BCUT2D eigenvalue weighted by atomic mass is 10.0. The van der Waals surface area contributed by atoms with Crippen LogP contribution in [-0.4, -0.2) is 32.1 Å². The number of ether oxygens (including phenoxy) is 1. The molecule has 19 heavy (non-hydrogen) atoms. The molecule has 0 fully saturated rings. The van der Waals surface area contributed by atoms with Crippen LogP contribution < -0.4 is 10.5 Å². The van der Waals surface area contributed by atoms with E-state index in [1.54, 1.807) is 7.11 Å². The van der Waals surface area contributed by atoms with Crippen molar-refractivity contribution in [2.45, 2.75) is 33.7 Å². The highest BCUT2D eigenvalue weighted by Gasteiger charge is 2.11. The molecule has 3 heteroatoms. The molecule has 0 aliphatic carbocycles. The lowest BCUT2D eigenvalue weighted by Crippen LogP contribution is -2.29. The first-order valence-electron chi connectivity index (χ1n) is 7.05. The van der Waals surface area contributed by atoms with Crippen LogP contribution in [0, 0.1) is 19.8 Å². The quantitative estimate of drug-likeness (QED) is 0.823. The summed E-state index contributed by atoms with van der Waals surface area (Å²) in [6.07, 6.45) is 1.14. The van der Waals surface area contributed by atoms with Gasteiger partial charge >= 0.3 is 0 Å². The van der Waals surface area contributed by atoms with Gasteiger partial charge in [-0.25, -0.2) is 0 Å². The molecule has 0 aliphatic heterocycles. The monoisotopic (exact) mass is 264 g/mol. The van der Waals surface area contributed by atoms with Gasteiger partial charge in [-0.1, -0.05) is 19.4 Å². The van der Waals surface area contributed by atoms with Crippen LogP contribution in [0.25, 0.3) is 0 Å². The minimum Gasteiger partial charge on any atom is -0.496 e. The van der Waals surface area contributed by atoms with E-state index in [9.17, 15) is 0 Å². The predicted octanol–water partition coefficient (Wildman–Crippen LogP) is 2.73. The number of nitrogens with zero attached hydrogens (tertiary/aromatic N) is 1. The van der Waals surface area contributed by atoms with Gasteiger partial charge in [0.15, 0.2) is 0 Å². The summed E-state index contributed by atoms with van der Waals surface area (Å²) in [5, 5.41) is 0. The second kappa shape index (κ2) is 7.51. The van der Waals surface area contributed by atoms with E-state index in [1.165, 1.54) is 16.7 Å². The maximum absolute atomic E-state index is 5.77. The smallest absolute Gasteiger partial charge is 0.122 e. The largest absolute Gasteiger partial charge is 0.496 e. The Balaban J connectivity index is 2.74. The number of benzene rings is 1. The molecule has 0 aromatic heterocycles. The lowest BCUT2D eigenvalue weighted by molar-refractivity contribution is 0.267. The molecule has 0 spiro atoms. The molecule has 1 aromatic carbocycles. The molecule has 0 heterocycles. The molecule has 1 atom stereocenters. The van der Waals surface area contributed by atoms with Gasteiger partial charge in [-0.05, 0) is 56.1 Å². The van der Waals surface area contributed by atoms with Crippen molar-refractivity contribution in [3.05, 3.63) is 28.8 Å². The Labute approximate surface area is 117 Å². The van der Waals surface area contributed by atoms with E-state index in [2.05, 4.69) is 44.9 Å². The molecule has 1 aromatic rings. The molecule has 0 aliphatic rings. The molecule has 0 bridgehead atoms. The molecule has 108 valence electrons. The molecular weight excluding hydrogens is 236 g/mol. The lowest BCUT2D eigenvalue weighted by Gasteiger charge is -2.23. The predicted molar refractivity (Wildman–Crippen MR) is 81.6 cm³/mol.